The average molecular weight is 413 g/mol. The second-order valence-electron chi connectivity index (χ2n) is 6.51. The number of nitrogens with zero attached hydrogens (tertiary/aromatic N) is 3. The zero-order valence-corrected chi connectivity index (χ0v) is 15.5. The zero-order chi connectivity index (χ0) is 20.3. The molecule has 0 aliphatic carbocycles. The maximum absolute atomic E-state index is 12.4. The van der Waals surface area contributed by atoms with Crippen LogP contribution in [0.5, 0.6) is 0 Å². The van der Waals surface area contributed by atoms with Crippen LogP contribution in [-0.2, 0) is 16.1 Å². The maximum atomic E-state index is 12.4. The van der Waals surface area contributed by atoms with Crippen LogP contribution >= 0.6 is 11.3 Å². The molecule has 4 rings (SSSR count). The molecular weight excluding hydrogens is 395 g/mol. The Balaban J connectivity index is 0.000000279. The van der Waals surface area contributed by atoms with Gasteiger partial charge in [-0.3, -0.25) is 14.7 Å². The van der Waals surface area contributed by atoms with Gasteiger partial charge in [0.1, 0.15) is 0 Å². The molecule has 150 valence electrons. The molecule has 2 saturated heterocycles. The van der Waals surface area contributed by atoms with Crippen molar-refractivity contribution in [3.63, 3.8) is 0 Å². The van der Waals surface area contributed by atoms with E-state index in [1.165, 1.54) is 5.56 Å². The van der Waals surface area contributed by atoms with Gasteiger partial charge in [0.2, 0.25) is 5.91 Å². The Labute approximate surface area is 163 Å². The molecule has 0 spiro atoms. The monoisotopic (exact) mass is 413 g/mol. The summed E-state index contributed by atoms with van der Waals surface area (Å²) in [6, 6.07) is 6.70. The number of thiophene rings is 1. The van der Waals surface area contributed by atoms with Crippen molar-refractivity contribution in [1.29, 1.82) is 0 Å². The number of fused-ring (bicyclic) bond motifs is 1. The maximum Gasteiger partial charge on any atom is 0.490 e. The summed E-state index contributed by atoms with van der Waals surface area (Å²) in [6.07, 6.45) is 0.139. The van der Waals surface area contributed by atoms with E-state index >= 15 is 0 Å². The lowest BCUT2D eigenvalue weighted by atomic mass is 10.1. The minimum Gasteiger partial charge on any atom is -0.475 e. The summed E-state index contributed by atoms with van der Waals surface area (Å²) in [6.45, 7) is 2.02. The van der Waals surface area contributed by atoms with Gasteiger partial charge in [-0.05, 0) is 40.9 Å². The minimum atomic E-state index is -5.08. The van der Waals surface area contributed by atoms with Gasteiger partial charge in [-0.2, -0.15) is 24.5 Å². The number of pyridine rings is 1. The fraction of sp³-hybridized carbons (Fsp3) is 0.389. The second-order valence-corrected chi connectivity index (χ2v) is 7.29. The normalized spacial score (nSPS) is 22.0. The van der Waals surface area contributed by atoms with E-state index < -0.39 is 12.1 Å². The highest BCUT2D eigenvalue weighted by Gasteiger charge is 2.47. The first-order valence-electron chi connectivity index (χ1n) is 8.54. The molecule has 0 unspecified atom stereocenters. The third-order valence-electron chi connectivity index (χ3n) is 4.74. The van der Waals surface area contributed by atoms with Gasteiger partial charge >= 0.3 is 12.1 Å². The van der Waals surface area contributed by atoms with Crippen molar-refractivity contribution in [2.75, 3.05) is 11.4 Å². The predicted octanol–water partition coefficient (Wildman–Crippen LogP) is 3.16. The molecule has 0 saturated carbocycles. The SMILES string of the molecule is O=C(O)C(F)(F)F.O=C1C[C@H]2[C@@H](CCN2Cc2ccsc2)N1c1cccnc1. The van der Waals surface area contributed by atoms with Crippen LogP contribution in [0.25, 0.3) is 0 Å². The van der Waals surface area contributed by atoms with E-state index in [2.05, 4.69) is 26.7 Å². The van der Waals surface area contributed by atoms with E-state index in [9.17, 15) is 18.0 Å². The number of anilines is 1. The largest absolute Gasteiger partial charge is 0.490 e. The minimum absolute atomic E-state index is 0.230. The third-order valence-corrected chi connectivity index (χ3v) is 5.47. The Hall–Kier alpha value is -2.46. The number of rotatable bonds is 3. The van der Waals surface area contributed by atoms with Gasteiger partial charge in [0.05, 0.1) is 17.9 Å². The highest BCUT2D eigenvalue weighted by atomic mass is 32.1. The number of hydrogen-bond donors (Lipinski definition) is 1. The van der Waals surface area contributed by atoms with Crippen molar-refractivity contribution in [2.24, 2.45) is 0 Å². The fourth-order valence-electron chi connectivity index (χ4n) is 3.57. The fourth-order valence-corrected chi connectivity index (χ4v) is 4.23. The number of alkyl halides is 3. The standard InChI is InChI=1S/C16H17N3OS.C2HF3O2/c20-16-8-15-14(19(16)13-2-1-5-17-9-13)3-6-18(15)10-12-4-7-21-11-12;3-2(4,5)1(6)7/h1-2,4-5,7,9,11,14-15H,3,6,8,10H2;(H,6,7)/t14-,15+;/m1./s1. The number of carboxylic acids is 1. The van der Waals surface area contributed by atoms with Gasteiger partial charge in [0.15, 0.2) is 0 Å². The lowest BCUT2D eigenvalue weighted by Crippen LogP contribution is -2.37. The van der Waals surface area contributed by atoms with Crippen LogP contribution in [0.4, 0.5) is 18.9 Å². The molecule has 2 aliphatic rings. The van der Waals surface area contributed by atoms with Crippen LogP contribution in [0, 0.1) is 0 Å². The van der Waals surface area contributed by atoms with E-state index in [-0.39, 0.29) is 5.91 Å². The Morgan fingerprint density at radius 3 is 2.64 bits per heavy atom. The molecular formula is C18H18F3N3O3S. The van der Waals surface area contributed by atoms with Crippen LogP contribution in [0.2, 0.25) is 0 Å². The summed E-state index contributed by atoms with van der Waals surface area (Å²) in [5, 5.41) is 11.4. The van der Waals surface area contributed by atoms with Crippen molar-refractivity contribution in [1.82, 2.24) is 9.88 Å². The van der Waals surface area contributed by atoms with Crippen molar-refractivity contribution in [3.05, 3.63) is 46.9 Å². The summed E-state index contributed by atoms with van der Waals surface area (Å²) in [5.74, 6) is -2.53. The first-order valence-corrected chi connectivity index (χ1v) is 9.49. The molecule has 4 heterocycles. The lowest BCUT2D eigenvalue weighted by Gasteiger charge is -2.25. The quantitative estimate of drug-likeness (QED) is 0.837. The van der Waals surface area contributed by atoms with Crippen molar-refractivity contribution < 1.29 is 27.9 Å². The number of aliphatic carboxylic acids is 1. The molecule has 0 aromatic carbocycles. The van der Waals surface area contributed by atoms with Gasteiger partial charge in [0.25, 0.3) is 0 Å². The Kier molecular flexibility index (Phi) is 5.99. The number of amides is 1. The van der Waals surface area contributed by atoms with E-state index in [0.717, 1.165) is 25.2 Å². The highest BCUT2D eigenvalue weighted by molar-refractivity contribution is 7.07. The molecule has 1 amide bonds. The van der Waals surface area contributed by atoms with Crippen LogP contribution in [0.3, 0.4) is 0 Å². The average Bonchev–Trinajstić information content (AvgIpc) is 3.34. The Morgan fingerprint density at radius 1 is 1.32 bits per heavy atom. The van der Waals surface area contributed by atoms with Crippen LogP contribution in [0.1, 0.15) is 18.4 Å². The van der Waals surface area contributed by atoms with Crippen LogP contribution in [-0.4, -0.2) is 51.7 Å². The number of aromatic nitrogens is 1. The summed E-state index contributed by atoms with van der Waals surface area (Å²) < 4.78 is 31.7. The predicted molar refractivity (Wildman–Crippen MR) is 97.0 cm³/mol. The molecule has 2 aromatic rings. The van der Waals surface area contributed by atoms with E-state index in [1.54, 1.807) is 23.7 Å². The Bertz CT molecular complexity index is 814. The van der Waals surface area contributed by atoms with Gasteiger partial charge in [-0.15, -0.1) is 0 Å². The summed E-state index contributed by atoms with van der Waals surface area (Å²) in [5.41, 5.74) is 2.29. The molecule has 6 nitrogen and oxygen atoms in total. The number of carbonyl (C=O) groups excluding carboxylic acids is 1. The molecule has 0 radical (unpaired) electrons. The van der Waals surface area contributed by atoms with Gasteiger partial charge < -0.3 is 10.0 Å². The molecule has 0 bridgehead atoms. The van der Waals surface area contributed by atoms with E-state index in [0.29, 0.717) is 18.5 Å². The molecule has 2 fully saturated rings. The van der Waals surface area contributed by atoms with Gasteiger partial charge in [-0.25, -0.2) is 4.79 Å². The highest BCUT2D eigenvalue weighted by Crippen LogP contribution is 2.36. The van der Waals surface area contributed by atoms with E-state index in [1.807, 2.05) is 17.0 Å². The van der Waals surface area contributed by atoms with Crippen molar-refractivity contribution >= 4 is 28.9 Å². The molecule has 28 heavy (non-hydrogen) atoms. The Morgan fingerprint density at radius 2 is 2.07 bits per heavy atom. The van der Waals surface area contributed by atoms with Crippen molar-refractivity contribution in [3.8, 4) is 0 Å². The topological polar surface area (TPSA) is 73.7 Å². The third kappa shape index (κ3) is 4.50. The summed E-state index contributed by atoms with van der Waals surface area (Å²) >= 11 is 1.73. The molecule has 1 N–H and O–H groups in total. The number of carbonyl (C=O) groups is 2. The first kappa shape index (κ1) is 20.3. The van der Waals surface area contributed by atoms with Gasteiger partial charge in [-0.1, -0.05) is 0 Å². The molecule has 10 heteroatoms. The molecule has 2 atom stereocenters. The first-order chi connectivity index (χ1) is 13.3. The van der Waals surface area contributed by atoms with Crippen LogP contribution < -0.4 is 4.90 Å². The number of halogens is 3. The molecule has 2 aliphatic heterocycles. The lowest BCUT2D eigenvalue weighted by molar-refractivity contribution is -0.192. The summed E-state index contributed by atoms with van der Waals surface area (Å²) in [4.78, 5) is 29.9. The van der Waals surface area contributed by atoms with Crippen molar-refractivity contribution in [2.45, 2.75) is 37.6 Å². The molecule has 2 aromatic heterocycles. The van der Waals surface area contributed by atoms with Crippen LogP contribution in [0.15, 0.2) is 41.4 Å². The number of hydrogen-bond acceptors (Lipinski definition) is 5. The van der Waals surface area contributed by atoms with Gasteiger partial charge in [0, 0.05) is 31.7 Å². The smallest absolute Gasteiger partial charge is 0.475 e. The second kappa shape index (κ2) is 8.27. The summed E-state index contributed by atoms with van der Waals surface area (Å²) in [7, 11) is 0. The number of carboxylic acid groups (broad SMARTS) is 1. The number of likely N-dealkylation sites (tertiary alicyclic amines) is 1. The zero-order valence-electron chi connectivity index (χ0n) is 14.7. The van der Waals surface area contributed by atoms with E-state index in [4.69, 9.17) is 9.90 Å².